The number of carbonyl (C=O) groups is 2. The van der Waals surface area contributed by atoms with Crippen LogP contribution in [0, 0.1) is 6.92 Å². The number of methoxy groups -OCH3 is 1. The van der Waals surface area contributed by atoms with Crippen molar-refractivity contribution in [1.82, 2.24) is 4.90 Å². The van der Waals surface area contributed by atoms with Crippen LogP contribution >= 0.6 is 11.6 Å². The van der Waals surface area contributed by atoms with Gasteiger partial charge in [0.05, 0.1) is 19.2 Å². The van der Waals surface area contributed by atoms with Gasteiger partial charge in [-0.2, -0.15) is 0 Å². The number of para-hydroxylation sites is 1. The van der Waals surface area contributed by atoms with Crippen LogP contribution in [0.3, 0.4) is 0 Å². The fourth-order valence-corrected chi connectivity index (χ4v) is 3.70. The maximum Gasteiger partial charge on any atom is 0.278 e. The minimum Gasteiger partial charge on any atom is -0.496 e. The van der Waals surface area contributed by atoms with Crippen molar-refractivity contribution < 1.29 is 14.3 Å². The zero-order chi connectivity index (χ0) is 22.0. The van der Waals surface area contributed by atoms with Gasteiger partial charge in [0.1, 0.15) is 11.4 Å². The number of aryl methyl sites for hydroxylation is 1. The third-order valence-corrected chi connectivity index (χ3v) is 5.34. The summed E-state index contributed by atoms with van der Waals surface area (Å²) >= 11 is 5.97. The number of nitrogens with zero attached hydrogens (tertiary/aromatic N) is 1. The summed E-state index contributed by atoms with van der Waals surface area (Å²) in [6, 6.07) is 21.9. The standard InChI is InChI=1S/C25H21ClN2O3/c1-16-6-5-7-19(14-16)27-23-22(20-8-3-4-9-21(20)31-2)24(29)28(25(23)30)15-17-10-12-18(26)13-11-17/h3-14,27H,15H2,1-2H3. The number of halogens is 1. The zero-order valence-corrected chi connectivity index (χ0v) is 17.9. The summed E-state index contributed by atoms with van der Waals surface area (Å²) in [5, 5.41) is 3.77. The van der Waals surface area contributed by atoms with E-state index in [4.69, 9.17) is 16.3 Å². The highest BCUT2D eigenvalue weighted by Crippen LogP contribution is 2.36. The Balaban J connectivity index is 1.78. The lowest BCUT2D eigenvalue weighted by Crippen LogP contribution is -2.32. The van der Waals surface area contributed by atoms with Crippen LogP contribution in [0.1, 0.15) is 16.7 Å². The molecule has 1 aliphatic heterocycles. The second-order valence-corrected chi connectivity index (χ2v) is 7.70. The van der Waals surface area contributed by atoms with Crippen molar-refractivity contribution in [3.8, 4) is 5.75 Å². The van der Waals surface area contributed by atoms with Gasteiger partial charge in [-0.05, 0) is 48.4 Å². The molecule has 0 radical (unpaired) electrons. The van der Waals surface area contributed by atoms with Crippen molar-refractivity contribution in [1.29, 1.82) is 0 Å². The van der Waals surface area contributed by atoms with Gasteiger partial charge in [-0.3, -0.25) is 14.5 Å². The molecule has 0 bridgehead atoms. The number of nitrogens with one attached hydrogen (secondary N) is 1. The van der Waals surface area contributed by atoms with Crippen LogP contribution in [0.15, 0.2) is 78.5 Å². The average Bonchev–Trinajstić information content (AvgIpc) is 2.99. The minimum absolute atomic E-state index is 0.145. The fraction of sp³-hybridized carbons (Fsp3) is 0.120. The van der Waals surface area contributed by atoms with Crippen LogP contribution in [-0.2, 0) is 16.1 Å². The first-order chi connectivity index (χ1) is 15.0. The molecule has 3 aromatic rings. The first-order valence-electron chi connectivity index (χ1n) is 9.80. The van der Waals surface area contributed by atoms with E-state index in [1.54, 1.807) is 43.5 Å². The largest absolute Gasteiger partial charge is 0.496 e. The number of carbonyl (C=O) groups excluding carboxylic acids is 2. The van der Waals surface area contributed by atoms with Crippen LogP contribution in [0.4, 0.5) is 5.69 Å². The van der Waals surface area contributed by atoms with Gasteiger partial charge in [0, 0.05) is 16.3 Å². The Labute approximate surface area is 185 Å². The van der Waals surface area contributed by atoms with Crippen LogP contribution in [0.5, 0.6) is 5.75 Å². The highest BCUT2D eigenvalue weighted by atomic mass is 35.5. The third kappa shape index (κ3) is 4.18. The molecule has 2 amide bonds. The molecule has 4 rings (SSSR count). The van der Waals surface area contributed by atoms with Crippen molar-refractivity contribution in [2.75, 3.05) is 12.4 Å². The predicted octanol–water partition coefficient (Wildman–Crippen LogP) is 5.05. The van der Waals surface area contributed by atoms with Crippen LogP contribution < -0.4 is 10.1 Å². The van der Waals surface area contributed by atoms with Crippen molar-refractivity contribution >= 4 is 34.7 Å². The van der Waals surface area contributed by atoms with Crippen LogP contribution in [-0.4, -0.2) is 23.8 Å². The molecule has 1 N–H and O–H groups in total. The summed E-state index contributed by atoms with van der Waals surface area (Å²) in [7, 11) is 1.54. The van der Waals surface area contributed by atoms with Gasteiger partial charge in [0.15, 0.2) is 0 Å². The quantitative estimate of drug-likeness (QED) is 0.554. The molecule has 0 saturated heterocycles. The van der Waals surface area contributed by atoms with E-state index in [0.29, 0.717) is 16.3 Å². The van der Waals surface area contributed by atoms with Gasteiger partial charge in [-0.15, -0.1) is 0 Å². The Hall–Kier alpha value is -3.57. The van der Waals surface area contributed by atoms with E-state index in [0.717, 1.165) is 16.8 Å². The monoisotopic (exact) mass is 432 g/mol. The number of hydrogen-bond acceptors (Lipinski definition) is 4. The summed E-state index contributed by atoms with van der Waals surface area (Å²) in [6.07, 6.45) is 0. The van der Waals surface area contributed by atoms with Crippen molar-refractivity contribution in [2.24, 2.45) is 0 Å². The average molecular weight is 433 g/mol. The molecule has 3 aromatic carbocycles. The van der Waals surface area contributed by atoms with Gasteiger partial charge in [0.2, 0.25) is 0 Å². The molecule has 1 heterocycles. The lowest BCUT2D eigenvalue weighted by atomic mass is 10.0. The maximum absolute atomic E-state index is 13.4. The predicted molar refractivity (Wildman–Crippen MR) is 122 cm³/mol. The Morgan fingerprint density at radius 1 is 0.935 bits per heavy atom. The molecule has 5 nitrogen and oxygen atoms in total. The number of amides is 2. The normalized spacial score (nSPS) is 13.7. The third-order valence-electron chi connectivity index (χ3n) is 5.09. The highest BCUT2D eigenvalue weighted by molar-refractivity contribution is 6.37. The molecule has 0 fully saturated rings. The summed E-state index contributed by atoms with van der Waals surface area (Å²) in [5.41, 5.74) is 3.67. The number of benzene rings is 3. The lowest BCUT2D eigenvalue weighted by molar-refractivity contribution is -0.137. The maximum atomic E-state index is 13.4. The minimum atomic E-state index is -0.387. The number of ether oxygens (including phenoxy) is 1. The zero-order valence-electron chi connectivity index (χ0n) is 17.2. The van der Waals surface area contributed by atoms with Gasteiger partial charge in [-0.1, -0.05) is 54.1 Å². The molecule has 0 saturated carbocycles. The lowest BCUT2D eigenvalue weighted by Gasteiger charge is -2.16. The SMILES string of the molecule is COc1ccccc1C1=C(Nc2cccc(C)c2)C(=O)N(Cc2ccc(Cl)cc2)C1=O. The van der Waals surface area contributed by atoms with Gasteiger partial charge >= 0.3 is 0 Å². The molecule has 0 spiro atoms. The molecule has 1 aliphatic rings. The van der Waals surface area contributed by atoms with E-state index in [2.05, 4.69) is 5.32 Å². The summed E-state index contributed by atoms with van der Waals surface area (Å²) in [6.45, 7) is 2.11. The molecule has 156 valence electrons. The van der Waals surface area contributed by atoms with Gasteiger partial charge in [-0.25, -0.2) is 0 Å². The van der Waals surface area contributed by atoms with E-state index in [1.807, 2.05) is 43.3 Å². The Morgan fingerprint density at radius 2 is 1.68 bits per heavy atom. The molecular formula is C25H21ClN2O3. The van der Waals surface area contributed by atoms with Crippen molar-refractivity contribution in [2.45, 2.75) is 13.5 Å². The van der Waals surface area contributed by atoms with E-state index in [9.17, 15) is 9.59 Å². The number of imide groups is 1. The van der Waals surface area contributed by atoms with Crippen LogP contribution in [0.2, 0.25) is 5.02 Å². The van der Waals surface area contributed by atoms with Gasteiger partial charge in [0.25, 0.3) is 11.8 Å². The first-order valence-corrected chi connectivity index (χ1v) is 10.2. The van der Waals surface area contributed by atoms with Gasteiger partial charge < -0.3 is 10.1 Å². The van der Waals surface area contributed by atoms with Crippen LogP contribution in [0.25, 0.3) is 5.57 Å². The molecule has 0 unspecified atom stereocenters. The number of rotatable bonds is 6. The molecule has 31 heavy (non-hydrogen) atoms. The molecule has 0 aliphatic carbocycles. The summed E-state index contributed by atoms with van der Waals surface area (Å²) in [4.78, 5) is 28.1. The van der Waals surface area contributed by atoms with E-state index in [-0.39, 0.29) is 29.6 Å². The number of hydrogen-bond donors (Lipinski definition) is 1. The smallest absolute Gasteiger partial charge is 0.278 e. The van der Waals surface area contributed by atoms with E-state index in [1.165, 1.54) is 4.90 Å². The van der Waals surface area contributed by atoms with Crippen molar-refractivity contribution in [3.05, 3.63) is 100 Å². The molecular weight excluding hydrogens is 412 g/mol. The number of anilines is 1. The fourth-order valence-electron chi connectivity index (χ4n) is 3.58. The Kier molecular flexibility index (Phi) is 5.78. The Bertz CT molecular complexity index is 1190. The summed E-state index contributed by atoms with van der Waals surface area (Å²) < 4.78 is 5.47. The molecule has 0 atom stereocenters. The summed E-state index contributed by atoms with van der Waals surface area (Å²) in [5.74, 6) is -0.238. The topological polar surface area (TPSA) is 58.6 Å². The molecule has 6 heteroatoms. The second-order valence-electron chi connectivity index (χ2n) is 7.27. The highest BCUT2D eigenvalue weighted by Gasteiger charge is 2.40. The van der Waals surface area contributed by atoms with E-state index >= 15 is 0 Å². The second kappa shape index (κ2) is 8.66. The first kappa shape index (κ1) is 20.7. The Morgan fingerprint density at radius 3 is 2.39 bits per heavy atom. The van der Waals surface area contributed by atoms with E-state index < -0.39 is 0 Å². The molecule has 0 aromatic heterocycles. The van der Waals surface area contributed by atoms with Crippen molar-refractivity contribution in [3.63, 3.8) is 0 Å².